The van der Waals surface area contributed by atoms with Crippen LogP contribution in [0, 0.1) is 5.41 Å². The zero-order chi connectivity index (χ0) is 15.0. The van der Waals surface area contributed by atoms with Crippen molar-refractivity contribution in [3.63, 3.8) is 0 Å². The minimum absolute atomic E-state index is 0.321. The van der Waals surface area contributed by atoms with Crippen LogP contribution in [0.25, 0.3) is 0 Å². The Labute approximate surface area is 122 Å². The highest BCUT2D eigenvalue weighted by Gasteiger charge is 2.13. The second-order valence-corrected chi connectivity index (χ2v) is 6.56. The molecule has 1 unspecified atom stereocenters. The topological polar surface area (TPSA) is 52.8 Å². The lowest BCUT2D eigenvalue weighted by Crippen LogP contribution is -2.12. The van der Waals surface area contributed by atoms with E-state index in [1.807, 2.05) is 30.3 Å². The third-order valence-corrected chi connectivity index (χ3v) is 3.41. The number of nitrogens with zero attached hydrogens (tertiary/aromatic N) is 1. The molecule has 0 radical (unpaired) electrons. The van der Waals surface area contributed by atoms with E-state index in [4.69, 9.17) is 5.21 Å². The van der Waals surface area contributed by atoms with Gasteiger partial charge in [0.05, 0.1) is 11.8 Å². The molecule has 20 heavy (non-hydrogen) atoms. The number of benzene rings is 1. The first-order chi connectivity index (χ1) is 9.42. The van der Waals surface area contributed by atoms with Crippen LogP contribution >= 0.6 is 0 Å². The Morgan fingerprint density at radius 1 is 1.15 bits per heavy atom. The average molecular weight is 277 g/mol. The molecule has 0 aromatic heterocycles. The molecule has 3 heteroatoms. The summed E-state index contributed by atoms with van der Waals surface area (Å²) in [5.74, 6) is 0. The molecule has 0 spiro atoms. The summed E-state index contributed by atoms with van der Waals surface area (Å²) in [5.41, 5.74) is 1.87. The summed E-state index contributed by atoms with van der Waals surface area (Å²) in [6, 6.07) is 9.60. The van der Waals surface area contributed by atoms with Gasteiger partial charge in [0.25, 0.3) is 0 Å². The number of aliphatic hydroxyl groups excluding tert-OH is 1. The molecule has 0 aliphatic rings. The molecule has 1 aromatic carbocycles. The largest absolute Gasteiger partial charge is 0.411 e. The second-order valence-electron chi connectivity index (χ2n) is 6.56. The quantitative estimate of drug-likeness (QED) is 0.445. The number of hydrogen-bond acceptors (Lipinski definition) is 3. The zero-order valence-corrected chi connectivity index (χ0v) is 12.8. The van der Waals surface area contributed by atoms with Crippen molar-refractivity contribution in [1.29, 1.82) is 0 Å². The summed E-state index contributed by atoms with van der Waals surface area (Å²) in [6.07, 6.45) is 3.86. The Morgan fingerprint density at radius 2 is 1.80 bits per heavy atom. The van der Waals surface area contributed by atoms with Gasteiger partial charge in [-0.3, -0.25) is 0 Å². The van der Waals surface area contributed by atoms with E-state index in [1.165, 1.54) is 0 Å². The number of oxime groups is 1. The van der Waals surface area contributed by atoms with Crippen molar-refractivity contribution in [3.05, 3.63) is 35.9 Å². The first-order valence-electron chi connectivity index (χ1n) is 7.37. The molecular formula is C17H27NO2. The van der Waals surface area contributed by atoms with Crippen LogP contribution in [0.2, 0.25) is 0 Å². The summed E-state index contributed by atoms with van der Waals surface area (Å²) in [6.45, 7) is 6.64. The lowest BCUT2D eigenvalue weighted by Gasteiger charge is -2.19. The van der Waals surface area contributed by atoms with Gasteiger partial charge in [-0.2, -0.15) is 0 Å². The first kappa shape index (κ1) is 16.7. The van der Waals surface area contributed by atoms with E-state index >= 15 is 0 Å². The summed E-state index contributed by atoms with van der Waals surface area (Å²) in [7, 11) is 0. The fourth-order valence-electron chi connectivity index (χ4n) is 2.20. The molecule has 0 bridgehead atoms. The van der Waals surface area contributed by atoms with Crippen LogP contribution in [-0.2, 0) is 0 Å². The van der Waals surface area contributed by atoms with Gasteiger partial charge in [0.1, 0.15) is 0 Å². The lowest BCUT2D eigenvalue weighted by molar-refractivity contribution is 0.148. The highest BCUT2D eigenvalue weighted by Crippen LogP contribution is 2.22. The minimum atomic E-state index is -0.321. The Hall–Kier alpha value is -1.35. The lowest BCUT2D eigenvalue weighted by atomic mass is 9.89. The van der Waals surface area contributed by atoms with Gasteiger partial charge in [0.15, 0.2) is 0 Å². The fourth-order valence-corrected chi connectivity index (χ4v) is 2.20. The number of rotatable bonds is 7. The third kappa shape index (κ3) is 6.71. The van der Waals surface area contributed by atoms with Crippen LogP contribution in [0.15, 0.2) is 35.5 Å². The van der Waals surface area contributed by atoms with Gasteiger partial charge in [-0.15, -0.1) is 0 Å². The van der Waals surface area contributed by atoms with Gasteiger partial charge in [-0.25, -0.2) is 0 Å². The molecule has 112 valence electrons. The van der Waals surface area contributed by atoms with Gasteiger partial charge in [-0.05, 0) is 36.7 Å². The molecule has 0 saturated carbocycles. The summed E-state index contributed by atoms with van der Waals surface area (Å²) in [5, 5.41) is 22.4. The van der Waals surface area contributed by atoms with Crippen LogP contribution in [0.5, 0.6) is 0 Å². The van der Waals surface area contributed by atoms with Crippen molar-refractivity contribution in [2.45, 2.75) is 59.0 Å². The molecule has 0 aliphatic carbocycles. The molecule has 0 fully saturated rings. The molecule has 1 rings (SSSR count). The first-order valence-corrected chi connectivity index (χ1v) is 7.37. The van der Waals surface area contributed by atoms with Gasteiger partial charge in [-0.1, -0.05) is 62.7 Å². The van der Waals surface area contributed by atoms with E-state index in [0.29, 0.717) is 24.0 Å². The van der Waals surface area contributed by atoms with Gasteiger partial charge in [0, 0.05) is 0 Å². The molecule has 0 amide bonds. The van der Waals surface area contributed by atoms with Crippen molar-refractivity contribution < 1.29 is 10.3 Å². The van der Waals surface area contributed by atoms with Crippen LogP contribution < -0.4 is 0 Å². The summed E-state index contributed by atoms with van der Waals surface area (Å²) in [4.78, 5) is 0. The summed E-state index contributed by atoms with van der Waals surface area (Å²) < 4.78 is 0. The van der Waals surface area contributed by atoms with Crippen molar-refractivity contribution in [1.82, 2.24) is 0 Å². The normalized spacial score (nSPS) is 14.3. The van der Waals surface area contributed by atoms with Crippen LogP contribution in [0.4, 0.5) is 0 Å². The van der Waals surface area contributed by atoms with Crippen LogP contribution in [-0.4, -0.2) is 22.1 Å². The van der Waals surface area contributed by atoms with Crippen LogP contribution in [0.3, 0.4) is 0 Å². The van der Waals surface area contributed by atoms with E-state index in [-0.39, 0.29) is 6.10 Å². The van der Waals surface area contributed by atoms with Crippen molar-refractivity contribution in [2.75, 3.05) is 0 Å². The standard InChI is InChI=1S/C17H27NO2/c1-17(2,3)13-7-10-15(19)11-12-16(18-20)14-8-5-4-6-9-14/h4-6,8-9,15,19-20H,7,10-13H2,1-3H3/b18-16-. The predicted octanol–water partition coefficient (Wildman–Crippen LogP) is 4.22. The smallest absolute Gasteiger partial charge is 0.0868 e. The second kappa shape index (κ2) is 8.05. The van der Waals surface area contributed by atoms with Gasteiger partial charge < -0.3 is 10.3 Å². The van der Waals surface area contributed by atoms with Crippen molar-refractivity contribution >= 4 is 5.71 Å². The van der Waals surface area contributed by atoms with E-state index in [9.17, 15) is 5.11 Å². The maximum absolute atomic E-state index is 10.0. The zero-order valence-electron chi connectivity index (χ0n) is 12.8. The number of aliphatic hydroxyl groups is 1. The monoisotopic (exact) mass is 277 g/mol. The SMILES string of the molecule is CC(C)(C)CCCC(O)CC/C(=N/O)c1ccccc1. The summed E-state index contributed by atoms with van der Waals surface area (Å²) >= 11 is 0. The molecule has 0 aliphatic heterocycles. The van der Waals surface area contributed by atoms with E-state index in [2.05, 4.69) is 25.9 Å². The van der Waals surface area contributed by atoms with Gasteiger partial charge in [0.2, 0.25) is 0 Å². The highest BCUT2D eigenvalue weighted by atomic mass is 16.4. The maximum Gasteiger partial charge on any atom is 0.0868 e. The Morgan fingerprint density at radius 3 is 2.35 bits per heavy atom. The Balaban J connectivity index is 2.34. The third-order valence-electron chi connectivity index (χ3n) is 3.41. The molecule has 0 saturated heterocycles. The average Bonchev–Trinajstić information content (AvgIpc) is 2.39. The molecule has 3 nitrogen and oxygen atoms in total. The van der Waals surface area contributed by atoms with E-state index in [0.717, 1.165) is 24.8 Å². The number of hydrogen-bond donors (Lipinski definition) is 2. The molecular weight excluding hydrogens is 250 g/mol. The van der Waals surface area contributed by atoms with Crippen LogP contribution in [0.1, 0.15) is 58.4 Å². The minimum Gasteiger partial charge on any atom is -0.411 e. The predicted molar refractivity (Wildman–Crippen MR) is 83.3 cm³/mol. The van der Waals surface area contributed by atoms with Gasteiger partial charge >= 0.3 is 0 Å². The fraction of sp³-hybridized carbons (Fsp3) is 0.588. The van der Waals surface area contributed by atoms with Crippen molar-refractivity contribution in [2.24, 2.45) is 10.6 Å². The molecule has 2 N–H and O–H groups in total. The van der Waals surface area contributed by atoms with E-state index < -0.39 is 0 Å². The Bertz CT molecular complexity index is 407. The molecule has 1 aromatic rings. The highest BCUT2D eigenvalue weighted by molar-refractivity contribution is 6.00. The molecule has 1 atom stereocenters. The molecule has 0 heterocycles. The van der Waals surface area contributed by atoms with Crippen molar-refractivity contribution in [3.8, 4) is 0 Å². The maximum atomic E-state index is 10.0. The Kier molecular flexibility index (Phi) is 6.73. The van der Waals surface area contributed by atoms with E-state index in [1.54, 1.807) is 0 Å².